The van der Waals surface area contributed by atoms with Gasteiger partial charge in [0, 0.05) is 67.0 Å². The number of halogens is 1. The van der Waals surface area contributed by atoms with E-state index < -0.39 is 0 Å². The molecule has 2 aliphatic rings. The van der Waals surface area contributed by atoms with E-state index in [0.717, 1.165) is 135 Å². The van der Waals surface area contributed by atoms with Gasteiger partial charge in [-0.1, -0.05) is 305 Å². The Bertz CT molecular complexity index is 5690. The molecule has 0 radical (unpaired) electrons. The average molecular weight is 1440 g/mol. The van der Waals surface area contributed by atoms with Gasteiger partial charge in [-0.05, 0) is 220 Å². The van der Waals surface area contributed by atoms with Crippen molar-refractivity contribution in [1.29, 1.82) is 0 Å². The molecule has 0 bridgehead atoms. The molecule has 16 rings (SSSR count). The molecule has 2 aliphatic heterocycles. The zero-order valence-electron chi connectivity index (χ0n) is 66.5. The third-order valence-corrected chi connectivity index (χ3v) is 23.1. The molecule has 1 N–H and O–H groups in total. The molecule has 7 heteroatoms. The monoisotopic (exact) mass is 1440 g/mol. The lowest BCUT2D eigenvalue weighted by Gasteiger charge is -2.45. The smallest absolute Gasteiger partial charge is 0.257 e. The van der Waals surface area contributed by atoms with Crippen LogP contribution in [0.2, 0.25) is 5.02 Å². The number of furan rings is 1. The summed E-state index contributed by atoms with van der Waals surface area (Å²) in [5.74, 6) is 0. The molecule has 13 aromatic carbocycles. The van der Waals surface area contributed by atoms with Crippen LogP contribution in [0.15, 0.2) is 283 Å². The molecule has 14 aromatic rings. The summed E-state index contributed by atoms with van der Waals surface area (Å²) in [5.41, 5.74) is 31.6. The number of hydrogen-bond acceptors (Lipinski definition) is 5. The first-order valence-electron chi connectivity index (χ1n) is 38.9. The second kappa shape index (κ2) is 27.1. The fourth-order valence-electron chi connectivity index (χ4n) is 16.6. The molecule has 0 saturated heterocycles. The Morgan fingerprint density at radius 1 is 0.358 bits per heavy atom. The van der Waals surface area contributed by atoms with Gasteiger partial charge in [-0.25, -0.2) is 0 Å². The number of anilines is 11. The largest absolute Gasteiger partial charge is 0.456 e. The van der Waals surface area contributed by atoms with Gasteiger partial charge < -0.3 is 24.4 Å². The lowest BCUT2D eigenvalue weighted by molar-refractivity contribution is 0.522. The highest BCUT2D eigenvalue weighted by Crippen LogP contribution is 2.55. The summed E-state index contributed by atoms with van der Waals surface area (Å²) in [4.78, 5) is 7.67. The van der Waals surface area contributed by atoms with E-state index in [9.17, 15) is 0 Å². The highest BCUT2D eigenvalue weighted by molar-refractivity contribution is 7.01. The molecule has 0 amide bonds. The molecule has 0 spiro atoms. The van der Waals surface area contributed by atoms with Crippen molar-refractivity contribution in [1.82, 2.24) is 0 Å². The van der Waals surface area contributed by atoms with Gasteiger partial charge in [0.2, 0.25) is 0 Å². The molecular formula is C102H100BClN4O. The van der Waals surface area contributed by atoms with Gasteiger partial charge in [0.05, 0.1) is 22.4 Å². The van der Waals surface area contributed by atoms with Crippen LogP contribution < -0.4 is 36.4 Å². The highest BCUT2D eigenvalue weighted by atomic mass is 35.5. The first kappa shape index (κ1) is 72.4. The molecule has 109 heavy (non-hydrogen) atoms. The normalized spacial score (nSPS) is 13.2. The Balaban J connectivity index is 0.983. The summed E-state index contributed by atoms with van der Waals surface area (Å²) in [6.45, 7) is 39.0. The summed E-state index contributed by atoms with van der Waals surface area (Å²) in [6, 6.07) is 105. The van der Waals surface area contributed by atoms with E-state index in [0.29, 0.717) is 5.02 Å². The molecule has 0 unspecified atom stereocenters. The Labute approximate surface area is 652 Å². The second-order valence-corrected chi connectivity index (χ2v) is 36.7. The standard InChI is InChI=1S/C102H100BClN4O/c1-97(2,3)70-37-46-77(47-38-70)105-78-48-39-73(40-49-78)102(16,17)64-65-36-55-86(83(56-65)67-30-22-19-23-31-67)107-87-62-76(104)45-54-84(87)103-94-89(107)59-69(68-57-74(100(10,11)12)61-75(58-68)101(13,14)15)60-90(94)108(85-34-26-24-32-81(85)66-28-20-18-21-29-66)91-63-88(93-82-33-25-27-35-92(82)109-96(93)95(91)103)106(79-50-41-71(42-51-79)98(4,5)6)80-52-43-72(44-53-80)99(7,8)9/h18-63,105H,64H2,1-17H3. The number of nitrogens with one attached hydrogen (secondary N) is 1. The van der Waals surface area contributed by atoms with Gasteiger partial charge in [0.15, 0.2) is 0 Å². The number of para-hydroxylation sites is 2. The van der Waals surface area contributed by atoms with Crippen LogP contribution >= 0.6 is 11.6 Å². The number of hydrogen-bond donors (Lipinski definition) is 1. The van der Waals surface area contributed by atoms with Crippen LogP contribution in [-0.2, 0) is 38.9 Å². The van der Waals surface area contributed by atoms with Crippen molar-refractivity contribution < 1.29 is 4.42 Å². The van der Waals surface area contributed by atoms with Crippen LogP contribution in [0, 0.1) is 0 Å². The van der Waals surface area contributed by atoms with Crippen LogP contribution in [0.1, 0.15) is 157 Å². The molecule has 0 aliphatic carbocycles. The quantitative estimate of drug-likeness (QED) is 0.116. The van der Waals surface area contributed by atoms with Gasteiger partial charge in [0.1, 0.15) is 11.2 Å². The lowest BCUT2D eigenvalue weighted by Crippen LogP contribution is -2.61. The van der Waals surface area contributed by atoms with E-state index in [-0.39, 0.29) is 39.2 Å². The summed E-state index contributed by atoms with van der Waals surface area (Å²) in [7, 11) is 0. The minimum atomic E-state index is -0.373. The average Bonchev–Trinajstić information content (AvgIpc) is 1.27. The van der Waals surface area contributed by atoms with Crippen molar-refractivity contribution in [2.45, 2.75) is 157 Å². The first-order valence-corrected chi connectivity index (χ1v) is 39.3. The van der Waals surface area contributed by atoms with Crippen LogP contribution in [0.4, 0.5) is 62.6 Å². The summed E-state index contributed by atoms with van der Waals surface area (Å²) < 4.78 is 7.79. The lowest BCUT2D eigenvalue weighted by atomic mass is 9.33. The van der Waals surface area contributed by atoms with E-state index in [2.05, 4.69) is 417 Å². The Kier molecular flexibility index (Phi) is 18.0. The fourth-order valence-corrected chi connectivity index (χ4v) is 16.7. The van der Waals surface area contributed by atoms with Crippen molar-refractivity contribution in [2.75, 3.05) is 20.0 Å². The number of benzene rings is 13. The summed E-state index contributed by atoms with van der Waals surface area (Å²) in [5, 5.41) is 6.41. The molecule has 3 heterocycles. The topological polar surface area (TPSA) is 34.9 Å². The van der Waals surface area contributed by atoms with E-state index in [1.165, 1.54) is 44.4 Å². The minimum absolute atomic E-state index is 0.0643. The molecular weight excluding hydrogens is 1340 g/mol. The first-order chi connectivity index (χ1) is 51.8. The molecule has 0 fully saturated rings. The van der Waals surface area contributed by atoms with Crippen LogP contribution in [0.5, 0.6) is 0 Å². The van der Waals surface area contributed by atoms with Crippen LogP contribution in [0.25, 0.3) is 55.3 Å². The molecule has 0 saturated carbocycles. The number of rotatable bonds is 13. The number of nitrogens with zero attached hydrogens (tertiary/aromatic N) is 3. The van der Waals surface area contributed by atoms with Gasteiger partial charge in [-0.2, -0.15) is 0 Å². The van der Waals surface area contributed by atoms with Crippen molar-refractivity contribution >= 4 is 119 Å². The Hall–Kier alpha value is -10.8. The summed E-state index contributed by atoms with van der Waals surface area (Å²) >= 11 is 7.63. The molecule has 544 valence electrons. The van der Waals surface area contributed by atoms with Crippen molar-refractivity contribution in [3.63, 3.8) is 0 Å². The fraction of sp³-hybridized carbons (Fsp3) is 0.235. The van der Waals surface area contributed by atoms with Crippen molar-refractivity contribution in [3.05, 3.63) is 323 Å². The van der Waals surface area contributed by atoms with Gasteiger partial charge in [0.25, 0.3) is 6.71 Å². The number of fused-ring (bicyclic) bond motifs is 8. The Morgan fingerprint density at radius 3 is 1.37 bits per heavy atom. The van der Waals surface area contributed by atoms with E-state index in [1.807, 2.05) is 0 Å². The van der Waals surface area contributed by atoms with Crippen LogP contribution in [-0.4, -0.2) is 6.71 Å². The maximum absolute atomic E-state index is 7.79. The Morgan fingerprint density at radius 2 is 0.817 bits per heavy atom. The third kappa shape index (κ3) is 13.6. The van der Waals surface area contributed by atoms with Crippen molar-refractivity contribution in [3.8, 4) is 33.4 Å². The van der Waals surface area contributed by atoms with Crippen LogP contribution in [0.3, 0.4) is 0 Å². The third-order valence-electron chi connectivity index (χ3n) is 22.8. The zero-order chi connectivity index (χ0) is 76.4. The predicted molar refractivity (Wildman–Crippen MR) is 470 cm³/mol. The zero-order valence-corrected chi connectivity index (χ0v) is 67.2. The highest BCUT2D eigenvalue weighted by Gasteiger charge is 2.47. The minimum Gasteiger partial charge on any atom is -0.456 e. The maximum atomic E-state index is 7.79. The second-order valence-electron chi connectivity index (χ2n) is 36.3. The molecule has 0 atom stereocenters. The van der Waals surface area contributed by atoms with Crippen molar-refractivity contribution in [2.24, 2.45) is 0 Å². The SMILES string of the molecule is CC(C)(C)c1ccc(Nc2ccc(C(C)(C)Cc3ccc(N4c5cc(Cl)ccc5B5c6c4cc(-c4cc(C(C)(C)C)cc(C(C)(C)C)c4)cc6N(c4ccccc4-c4ccccc4)c4cc(N(c6ccc(C(C)(C)C)cc6)c6ccc(C(C)(C)C)cc6)c6c(oc7ccccc76)c45)c(-c4ccccc4)c3)cc2)cc1. The predicted octanol–water partition coefficient (Wildman–Crippen LogP) is 27.5. The van der Waals surface area contributed by atoms with E-state index in [1.54, 1.807) is 0 Å². The van der Waals surface area contributed by atoms with E-state index in [4.69, 9.17) is 16.0 Å². The van der Waals surface area contributed by atoms with Gasteiger partial charge in [-0.15, -0.1) is 0 Å². The maximum Gasteiger partial charge on any atom is 0.257 e. The molecule has 1 aromatic heterocycles. The van der Waals surface area contributed by atoms with Gasteiger partial charge in [-0.3, -0.25) is 0 Å². The summed E-state index contributed by atoms with van der Waals surface area (Å²) in [6.07, 6.45) is 0.799. The van der Waals surface area contributed by atoms with Gasteiger partial charge >= 0.3 is 0 Å². The molecule has 5 nitrogen and oxygen atoms in total. The van der Waals surface area contributed by atoms with E-state index >= 15 is 0 Å².